The summed E-state index contributed by atoms with van der Waals surface area (Å²) in [4.78, 5) is 5.09. The summed E-state index contributed by atoms with van der Waals surface area (Å²) in [6.07, 6.45) is 1.81. The van der Waals surface area contributed by atoms with Gasteiger partial charge >= 0.3 is 0 Å². The van der Waals surface area contributed by atoms with E-state index in [1.807, 2.05) is 18.3 Å². The van der Waals surface area contributed by atoms with E-state index in [0.29, 0.717) is 10.0 Å². The number of hydrogen-bond acceptors (Lipinski definition) is 2. The van der Waals surface area contributed by atoms with Crippen molar-refractivity contribution in [2.24, 2.45) is 0 Å². The molecule has 0 spiro atoms. The molecule has 0 bridgehead atoms. The number of hydrogen-bond donors (Lipinski definition) is 0. The molecule has 0 fully saturated rings. The minimum atomic E-state index is 0.576. The molecule has 66 valence electrons. The van der Waals surface area contributed by atoms with Gasteiger partial charge in [0.25, 0.3) is 0 Å². The van der Waals surface area contributed by atoms with E-state index in [2.05, 4.69) is 4.98 Å². The van der Waals surface area contributed by atoms with E-state index in [-0.39, 0.29) is 0 Å². The fourth-order valence-electron chi connectivity index (χ4n) is 1.01. The zero-order valence-electron chi connectivity index (χ0n) is 6.50. The third-order valence-electron chi connectivity index (χ3n) is 1.64. The van der Waals surface area contributed by atoms with Crippen LogP contribution in [0.1, 0.15) is 0 Å². The van der Waals surface area contributed by atoms with Crippen LogP contribution in [0.25, 0.3) is 10.4 Å². The highest BCUT2D eigenvalue weighted by atomic mass is 35.5. The van der Waals surface area contributed by atoms with E-state index in [0.717, 1.165) is 10.4 Å². The van der Waals surface area contributed by atoms with Crippen LogP contribution >= 0.6 is 34.5 Å². The first-order valence-corrected chi connectivity index (χ1v) is 5.25. The fourth-order valence-corrected chi connectivity index (χ4v) is 1.93. The highest BCUT2D eigenvalue weighted by Crippen LogP contribution is 2.29. The molecule has 0 aliphatic rings. The Labute approximate surface area is 90.0 Å². The Hall–Kier alpha value is -0.570. The van der Waals surface area contributed by atoms with Crippen LogP contribution in [0.4, 0.5) is 0 Å². The van der Waals surface area contributed by atoms with Gasteiger partial charge in [-0.3, -0.25) is 4.98 Å². The third-order valence-corrected chi connectivity index (χ3v) is 3.20. The molecule has 1 heterocycles. The van der Waals surface area contributed by atoms with Crippen LogP contribution < -0.4 is 0 Å². The first-order chi connectivity index (χ1) is 6.27. The van der Waals surface area contributed by atoms with Crippen molar-refractivity contribution in [1.82, 2.24) is 4.98 Å². The van der Waals surface area contributed by atoms with Crippen LogP contribution in [0.15, 0.2) is 29.9 Å². The van der Waals surface area contributed by atoms with Crippen molar-refractivity contribution in [2.45, 2.75) is 0 Å². The van der Waals surface area contributed by atoms with E-state index >= 15 is 0 Å². The maximum Gasteiger partial charge on any atom is 0.0797 e. The molecule has 0 aliphatic heterocycles. The van der Waals surface area contributed by atoms with Crippen molar-refractivity contribution >= 4 is 34.5 Å². The van der Waals surface area contributed by atoms with Crippen molar-refractivity contribution < 1.29 is 0 Å². The number of halogens is 2. The minimum absolute atomic E-state index is 0.576. The number of benzene rings is 1. The lowest BCUT2D eigenvalue weighted by atomic mass is 10.2. The summed E-state index contributed by atoms with van der Waals surface area (Å²) in [6.45, 7) is 0. The largest absolute Gasteiger partial charge is 0.252 e. The molecule has 1 aromatic carbocycles. The zero-order valence-corrected chi connectivity index (χ0v) is 8.83. The Morgan fingerprint density at radius 3 is 2.62 bits per heavy atom. The van der Waals surface area contributed by atoms with Gasteiger partial charge in [-0.25, -0.2) is 0 Å². The molecule has 0 saturated carbocycles. The van der Waals surface area contributed by atoms with Gasteiger partial charge in [-0.1, -0.05) is 29.3 Å². The van der Waals surface area contributed by atoms with Crippen molar-refractivity contribution in [3.05, 3.63) is 40.0 Å². The van der Waals surface area contributed by atoms with E-state index in [1.165, 1.54) is 0 Å². The van der Waals surface area contributed by atoms with Gasteiger partial charge in [0.05, 0.1) is 20.4 Å². The highest BCUT2D eigenvalue weighted by molar-refractivity contribution is 7.13. The molecular weight excluding hydrogens is 225 g/mol. The molecule has 1 nitrogen and oxygen atoms in total. The predicted octanol–water partition coefficient (Wildman–Crippen LogP) is 4.12. The Bertz CT molecular complexity index is 412. The first kappa shape index (κ1) is 9.00. The molecule has 13 heavy (non-hydrogen) atoms. The quantitative estimate of drug-likeness (QED) is 0.718. The van der Waals surface area contributed by atoms with Gasteiger partial charge in [0, 0.05) is 6.20 Å². The Kier molecular flexibility index (Phi) is 2.54. The van der Waals surface area contributed by atoms with Crippen LogP contribution in [0.2, 0.25) is 10.0 Å². The van der Waals surface area contributed by atoms with E-state index in [9.17, 15) is 0 Å². The summed E-state index contributed by atoms with van der Waals surface area (Å²) in [5, 5.41) is 1.16. The van der Waals surface area contributed by atoms with Gasteiger partial charge in [0.1, 0.15) is 0 Å². The molecule has 0 saturated heterocycles. The normalized spacial score (nSPS) is 10.3. The molecule has 2 aromatic rings. The summed E-state index contributed by atoms with van der Waals surface area (Å²) < 4.78 is 0. The lowest BCUT2D eigenvalue weighted by Crippen LogP contribution is -1.73. The minimum Gasteiger partial charge on any atom is -0.252 e. The topological polar surface area (TPSA) is 12.9 Å². The second-order valence-corrected chi connectivity index (χ2v) is 4.20. The zero-order chi connectivity index (χ0) is 9.26. The van der Waals surface area contributed by atoms with Gasteiger partial charge in [0.15, 0.2) is 0 Å². The van der Waals surface area contributed by atoms with Gasteiger partial charge in [-0.15, -0.1) is 11.3 Å². The monoisotopic (exact) mass is 229 g/mol. The molecule has 4 heteroatoms. The summed E-state index contributed by atoms with van der Waals surface area (Å²) in [6, 6.07) is 5.57. The Balaban J connectivity index is 2.49. The second kappa shape index (κ2) is 3.66. The number of nitrogens with zero attached hydrogens (tertiary/aromatic N) is 1. The van der Waals surface area contributed by atoms with Crippen molar-refractivity contribution in [3.8, 4) is 10.4 Å². The standard InChI is InChI=1S/C9H5Cl2NS/c10-7-2-1-6(3-8(7)11)9-4-12-5-13-9/h1-5H. The van der Waals surface area contributed by atoms with Gasteiger partial charge in [-0.2, -0.15) is 0 Å². The molecule has 0 N–H and O–H groups in total. The van der Waals surface area contributed by atoms with Gasteiger partial charge in [-0.05, 0) is 17.7 Å². The van der Waals surface area contributed by atoms with Crippen LogP contribution in [-0.4, -0.2) is 4.98 Å². The molecule has 0 unspecified atom stereocenters. The molecule has 2 rings (SSSR count). The molecule has 0 aliphatic carbocycles. The number of thiazole rings is 1. The lowest BCUT2D eigenvalue weighted by Gasteiger charge is -1.98. The van der Waals surface area contributed by atoms with Crippen molar-refractivity contribution in [1.29, 1.82) is 0 Å². The third kappa shape index (κ3) is 1.85. The molecular formula is C9H5Cl2NS. The van der Waals surface area contributed by atoms with Gasteiger partial charge < -0.3 is 0 Å². The van der Waals surface area contributed by atoms with Crippen LogP contribution in [-0.2, 0) is 0 Å². The summed E-state index contributed by atoms with van der Waals surface area (Å²) in [5.41, 5.74) is 2.84. The maximum atomic E-state index is 5.88. The van der Waals surface area contributed by atoms with E-state index < -0.39 is 0 Å². The maximum absolute atomic E-state index is 5.88. The summed E-state index contributed by atoms with van der Waals surface area (Å²) in [7, 11) is 0. The smallest absolute Gasteiger partial charge is 0.0797 e. The van der Waals surface area contributed by atoms with E-state index in [4.69, 9.17) is 23.2 Å². The predicted molar refractivity (Wildman–Crippen MR) is 57.6 cm³/mol. The molecule has 0 radical (unpaired) electrons. The fraction of sp³-hybridized carbons (Fsp3) is 0. The van der Waals surface area contributed by atoms with Crippen LogP contribution in [0.5, 0.6) is 0 Å². The van der Waals surface area contributed by atoms with Gasteiger partial charge in [0.2, 0.25) is 0 Å². The van der Waals surface area contributed by atoms with Crippen LogP contribution in [0.3, 0.4) is 0 Å². The summed E-state index contributed by atoms with van der Waals surface area (Å²) >= 11 is 13.3. The first-order valence-electron chi connectivity index (χ1n) is 3.61. The van der Waals surface area contributed by atoms with Crippen LogP contribution in [0, 0.1) is 0 Å². The highest BCUT2D eigenvalue weighted by Gasteiger charge is 2.02. The van der Waals surface area contributed by atoms with Crippen molar-refractivity contribution in [2.75, 3.05) is 0 Å². The molecule has 1 aromatic heterocycles. The average Bonchev–Trinajstić information content (AvgIpc) is 2.62. The van der Waals surface area contributed by atoms with E-state index in [1.54, 1.807) is 22.9 Å². The lowest BCUT2D eigenvalue weighted by molar-refractivity contribution is 1.42. The van der Waals surface area contributed by atoms with Crippen molar-refractivity contribution in [3.63, 3.8) is 0 Å². The SMILES string of the molecule is Clc1ccc(-c2cncs2)cc1Cl. The molecule has 0 atom stereocenters. The number of rotatable bonds is 1. The second-order valence-electron chi connectivity index (χ2n) is 2.49. The summed E-state index contributed by atoms with van der Waals surface area (Å²) in [5.74, 6) is 0. The average molecular weight is 230 g/mol. The molecule has 0 amide bonds. The Morgan fingerprint density at radius 1 is 1.15 bits per heavy atom. The number of aromatic nitrogens is 1. The Morgan fingerprint density at radius 2 is 2.00 bits per heavy atom.